The summed E-state index contributed by atoms with van der Waals surface area (Å²) in [6, 6.07) is 16.6. The van der Waals surface area contributed by atoms with E-state index in [1.807, 2.05) is 42.5 Å². The van der Waals surface area contributed by atoms with Crippen LogP contribution in [0.5, 0.6) is 0 Å². The van der Waals surface area contributed by atoms with Gasteiger partial charge in [-0.2, -0.15) is 0 Å². The maximum Gasteiger partial charge on any atom is 0.238 e. The van der Waals surface area contributed by atoms with Crippen molar-refractivity contribution in [2.45, 2.75) is 11.3 Å². The molecule has 3 aromatic rings. The van der Waals surface area contributed by atoms with Crippen molar-refractivity contribution in [2.24, 2.45) is 5.14 Å². The number of sulfonamides is 1. The van der Waals surface area contributed by atoms with Gasteiger partial charge in [0.1, 0.15) is 0 Å². The second-order valence-corrected chi connectivity index (χ2v) is 6.34. The van der Waals surface area contributed by atoms with E-state index in [9.17, 15) is 8.42 Å². The molecule has 0 saturated carbocycles. The lowest BCUT2D eigenvalue weighted by molar-refractivity contribution is 0.597. The number of nitrogens with two attached hydrogens (primary N) is 1. The van der Waals surface area contributed by atoms with Gasteiger partial charge >= 0.3 is 0 Å². The third-order valence-electron chi connectivity index (χ3n) is 3.39. The molecule has 3 rings (SSSR count). The molecule has 0 amide bonds. The first-order chi connectivity index (χ1) is 10.1. The van der Waals surface area contributed by atoms with Gasteiger partial charge in [-0.05, 0) is 34.5 Å². The highest BCUT2D eigenvalue weighted by Crippen LogP contribution is 2.27. The van der Waals surface area contributed by atoms with E-state index in [-0.39, 0.29) is 4.90 Å². The van der Waals surface area contributed by atoms with Gasteiger partial charge in [0.15, 0.2) is 0 Å². The quantitative estimate of drug-likeness (QED) is 0.807. The highest BCUT2D eigenvalue weighted by molar-refractivity contribution is 7.89. The zero-order valence-corrected chi connectivity index (χ0v) is 12.0. The summed E-state index contributed by atoms with van der Waals surface area (Å²) in [7, 11) is -3.77. The number of fused-ring (bicyclic) bond motifs is 1. The molecule has 0 aliphatic rings. The highest BCUT2D eigenvalue weighted by Gasteiger charge is 2.17. The van der Waals surface area contributed by atoms with E-state index in [2.05, 4.69) is 4.98 Å². The fourth-order valence-electron chi connectivity index (χ4n) is 2.45. The minimum Gasteiger partial charge on any atom is -0.261 e. The molecule has 0 fully saturated rings. The number of primary sulfonamides is 1. The Morgan fingerprint density at radius 2 is 1.71 bits per heavy atom. The Hall–Kier alpha value is -2.24. The third-order valence-corrected chi connectivity index (χ3v) is 4.38. The molecule has 0 aliphatic carbocycles. The van der Waals surface area contributed by atoms with Crippen molar-refractivity contribution in [1.82, 2.24) is 4.98 Å². The van der Waals surface area contributed by atoms with Crippen molar-refractivity contribution in [1.29, 1.82) is 0 Å². The number of rotatable bonds is 3. The van der Waals surface area contributed by atoms with Gasteiger partial charge in [-0.15, -0.1) is 0 Å². The smallest absolute Gasteiger partial charge is 0.238 e. The van der Waals surface area contributed by atoms with Crippen molar-refractivity contribution in [3.8, 4) is 0 Å². The predicted molar refractivity (Wildman–Crippen MR) is 82.4 cm³/mol. The summed E-state index contributed by atoms with van der Waals surface area (Å²) in [6.45, 7) is 0. The summed E-state index contributed by atoms with van der Waals surface area (Å²) in [6.07, 6.45) is 2.12. The Bertz CT molecular complexity index is 891. The summed E-state index contributed by atoms with van der Waals surface area (Å²) in [5, 5.41) is 7.22. The summed E-state index contributed by atoms with van der Waals surface area (Å²) in [5.41, 5.74) is 1.49. The van der Waals surface area contributed by atoms with Crippen molar-refractivity contribution >= 4 is 20.8 Å². The molecule has 2 aromatic carbocycles. The molecule has 2 N–H and O–H groups in total. The fraction of sp³-hybridized carbons (Fsp3) is 0.0625. The van der Waals surface area contributed by atoms with E-state index in [4.69, 9.17) is 5.14 Å². The lowest BCUT2D eigenvalue weighted by Gasteiger charge is -2.11. The van der Waals surface area contributed by atoms with Gasteiger partial charge in [-0.25, -0.2) is 13.6 Å². The third kappa shape index (κ3) is 2.79. The van der Waals surface area contributed by atoms with Gasteiger partial charge in [0, 0.05) is 18.3 Å². The molecular formula is C16H14N2O2S. The van der Waals surface area contributed by atoms with Crippen LogP contribution in [0.1, 0.15) is 11.3 Å². The minimum absolute atomic E-state index is 0.159. The highest BCUT2D eigenvalue weighted by atomic mass is 32.2. The van der Waals surface area contributed by atoms with Gasteiger partial charge in [-0.3, -0.25) is 4.98 Å². The number of aromatic nitrogens is 1. The molecule has 0 radical (unpaired) electrons. The van der Waals surface area contributed by atoms with Gasteiger partial charge < -0.3 is 0 Å². The minimum atomic E-state index is -3.77. The molecular weight excluding hydrogens is 284 g/mol. The average Bonchev–Trinajstić information content (AvgIpc) is 2.47. The standard InChI is InChI=1S/C16H14N2O2S/c17-21(19,20)16-9-8-12-5-1-2-7-14(12)15(16)11-13-6-3-4-10-18-13/h1-10H,11H2,(H2,17,19,20). The number of benzene rings is 2. The molecule has 0 atom stereocenters. The van der Waals surface area contributed by atoms with Crippen molar-refractivity contribution in [3.63, 3.8) is 0 Å². The number of pyridine rings is 1. The molecule has 0 saturated heterocycles. The Labute approximate surface area is 123 Å². The molecule has 4 nitrogen and oxygen atoms in total. The topological polar surface area (TPSA) is 73.1 Å². The van der Waals surface area contributed by atoms with Crippen LogP contribution in [0, 0.1) is 0 Å². The molecule has 21 heavy (non-hydrogen) atoms. The zero-order valence-electron chi connectivity index (χ0n) is 11.2. The monoisotopic (exact) mass is 298 g/mol. The van der Waals surface area contributed by atoms with Crippen LogP contribution in [0.15, 0.2) is 65.7 Å². The van der Waals surface area contributed by atoms with Crippen LogP contribution >= 0.6 is 0 Å². The number of nitrogens with zero attached hydrogens (tertiary/aromatic N) is 1. The maximum absolute atomic E-state index is 11.8. The van der Waals surface area contributed by atoms with Crippen LogP contribution in [-0.2, 0) is 16.4 Å². The first-order valence-electron chi connectivity index (χ1n) is 6.49. The van der Waals surface area contributed by atoms with Crippen LogP contribution in [0.2, 0.25) is 0 Å². The first-order valence-corrected chi connectivity index (χ1v) is 8.04. The Morgan fingerprint density at radius 1 is 0.952 bits per heavy atom. The molecule has 106 valence electrons. The molecule has 1 aromatic heterocycles. The zero-order chi connectivity index (χ0) is 14.9. The van der Waals surface area contributed by atoms with Crippen LogP contribution in [-0.4, -0.2) is 13.4 Å². The average molecular weight is 298 g/mol. The van der Waals surface area contributed by atoms with Crippen molar-refractivity contribution in [3.05, 3.63) is 72.1 Å². The van der Waals surface area contributed by atoms with E-state index in [1.165, 1.54) is 0 Å². The van der Waals surface area contributed by atoms with E-state index < -0.39 is 10.0 Å². The Balaban J connectivity index is 2.26. The van der Waals surface area contributed by atoms with Crippen molar-refractivity contribution < 1.29 is 8.42 Å². The SMILES string of the molecule is NS(=O)(=O)c1ccc2ccccc2c1Cc1ccccn1. The predicted octanol–water partition coefficient (Wildman–Crippen LogP) is 2.47. The lowest BCUT2D eigenvalue weighted by atomic mass is 10.0. The second-order valence-electron chi connectivity index (χ2n) is 4.81. The van der Waals surface area contributed by atoms with Gasteiger partial charge in [0.2, 0.25) is 10.0 Å². The van der Waals surface area contributed by atoms with Crippen LogP contribution < -0.4 is 5.14 Å². The van der Waals surface area contributed by atoms with E-state index >= 15 is 0 Å². The molecule has 0 aliphatic heterocycles. The molecule has 0 spiro atoms. The number of hydrogen-bond acceptors (Lipinski definition) is 3. The van der Waals surface area contributed by atoms with E-state index in [0.717, 1.165) is 16.5 Å². The normalized spacial score (nSPS) is 11.7. The van der Waals surface area contributed by atoms with Gasteiger partial charge in [-0.1, -0.05) is 36.4 Å². The summed E-state index contributed by atoms with van der Waals surface area (Å²) >= 11 is 0. The molecule has 0 bridgehead atoms. The van der Waals surface area contributed by atoms with E-state index in [0.29, 0.717) is 12.0 Å². The second kappa shape index (κ2) is 5.27. The van der Waals surface area contributed by atoms with Gasteiger partial charge in [0.05, 0.1) is 4.90 Å². The Morgan fingerprint density at radius 3 is 2.43 bits per heavy atom. The van der Waals surface area contributed by atoms with Crippen LogP contribution in [0.4, 0.5) is 0 Å². The molecule has 5 heteroatoms. The molecule has 1 heterocycles. The maximum atomic E-state index is 11.8. The fourth-order valence-corrected chi connectivity index (χ4v) is 3.23. The van der Waals surface area contributed by atoms with Crippen molar-refractivity contribution in [2.75, 3.05) is 0 Å². The summed E-state index contributed by atoms with van der Waals surface area (Å²) in [5.74, 6) is 0. The van der Waals surface area contributed by atoms with Gasteiger partial charge in [0.25, 0.3) is 0 Å². The summed E-state index contributed by atoms with van der Waals surface area (Å²) in [4.78, 5) is 4.43. The first kappa shape index (κ1) is 13.7. The summed E-state index contributed by atoms with van der Waals surface area (Å²) < 4.78 is 23.7. The largest absolute Gasteiger partial charge is 0.261 e. The van der Waals surface area contributed by atoms with Crippen LogP contribution in [0.3, 0.4) is 0 Å². The number of hydrogen-bond donors (Lipinski definition) is 1. The molecule has 0 unspecified atom stereocenters. The lowest BCUT2D eigenvalue weighted by Crippen LogP contribution is -2.15. The Kier molecular flexibility index (Phi) is 3.45. The van der Waals surface area contributed by atoms with Crippen LogP contribution in [0.25, 0.3) is 10.8 Å². The van der Waals surface area contributed by atoms with E-state index in [1.54, 1.807) is 18.3 Å².